The largest absolute Gasteiger partial charge is 0.466 e. The predicted octanol–water partition coefficient (Wildman–Crippen LogP) is 0.537. The molecule has 0 spiro atoms. The molecule has 0 aromatic carbocycles. The molecule has 0 rings (SSSR count). The topological polar surface area (TPSA) is 95.7 Å². The van der Waals surface area contributed by atoms with Crippen LogP contribution in [-0.2, 0) is 19.1 Å². The number of esters is 2. The van der Waals surface area contributed by atoms with Gasteiger partial charge in [-0.3, -0.25) is 19.7 Å². The van der Waals surface area contributed by atoms with Gasteiger partial charge in [0.2, 0.25) is 6.04 Å². The van der Waals surface area contributed by atoms with Crippen molar-refractivity contribution in [3.8, 4) is 0 Å². The third kappa shape index (κ3) is 5.94. The maximum Gasteiger partial charge on any atom is 0.303 e. The summed E-state index contributed by atoms with van der Waals surface area (Å²) in [5.74, 6) is -1.07. The van der Waals surface area contributed by atoms with E-state index in [0.29, 0.717) is 0 Å². The van der Waals surface area contributed by atoms with Crippen LogP contribution in [0.5, 0.6) is 0 Å². The molecule has 0 heterocycles. The lowest BCUT2D eigenvalue weighted by molar-refractivity contribution is -0.529. The van der Waals surface area contributed by atoms with Crippen molar-refractivity contribution in [2.24, 2.45) is 0 Å². The Morgan fingerprint density at radius 3 is 2.25 bits per heavy atom. The Balaban J connectivity index is 4.25. The lowest BCUT2D eigenvalue weighted by atomic mass is 10.1. The zero-order valence-corrected chi connectivity index (χ0v) is 9.47. The molecule has 0 bridgehead atoms. The van der Waals surface area contributed by atoms with Crippen LogP contribution >= 0.6 is 0 Å². The monoisotopic (exact) mass is 233 g/mol. The molecule has 0 aliphatic heterocycles. The number of hydrogen-bond donors (Lipinski definition) is 0. The van der Waals surface area contributed by atoms with Gasteiger partial charge < -0.3 is 9.47 Å². The fraction of sp³-hybridized carbons (Fsp3) is 0.778. The standard InChI is InChI=1S/C9H15NO6/c1-6(10(13)14)9(16-8(3)12)4-5-15-7(2)11/h6,9H,4-5H2,1-3H3. The van der Waals surface area contributed by atoms with E-state index < -0.39 is 29.0 Å². The molecule has 0 aliphatic carbocycles. The summed E-state index contributed by atoms with van der Waals surface area (Å²) in [6.45, 7) is 3.73. The molecule has 92 valence electrons. The van der Waals surface area contributed by atoms with Crippen LogP contribution < -0.4 is 0 Å². The minimum Gasteiger partial charge on any atom is -0.466 e. The molecular formula is C9H15NO6. The van der Waals surface area contributed by atoms with E-state index in [0.717, 1.165) is 0 Å². The summed E-state index contributed by atoms with van der Waals surface area (Å²) in [7, 11) is 0. The molecule has 0 fully saturated rings. The van der Waals surface area contributed by atoms with Gasteiger partial charge in [0.25, 0.3) is 0 Å². The maximum atomic E-state index is 10.7. The quantitative estimate of drug-likeness (QED) is 0.377. The van der Waals surface area contributed by atoms with E-state index in [1.54, 1.807) is 0 Å². The van der Waals surface area contributed by atoms with E-state index in [1.165, 1.54) is 20.8 Å². The van der Waals surface area contributed by atoms with Crippen molar-refractivity contribution in [2.45, 2.75) is 39.3 Å². The van der Waals surface area contributed by atoms with Gasteiger partial charge in [-0.25, -0.2) is 0 Å². The number of carbonyl (C=O) groups excluding carboxylic acids is 2. The average Bonchev–Trinajstić information content (AvgIpc) is 2.13. The van der Waals surface area contributed by atoms with E-state index in [-0.39, 0.29) is 13.0 Å². The van der Waals surface area contributed by atoms with Gasteiger partial charge in [-0.2, -0.15) is 0 Å². The molecule has 7 nitrogen and oxygen atoms in total. The SMILES string of the molecule is CC(=O)OCCC(OC(C)=O)C(C)[N+](=O)[O-]. The predicted molar refractivity (Wildman–Crippen MR) is 53.3 cm³/mol. The Kier molecular flexibility index (Phi) is 6.06. The van der Waals surface area contributed by atoms with Crippen LogP contribution in [0.15, 0.2) is 0 Å². The smallest absolute Gasteiger partial charge is 0.303 e. The van der Waals surface area contributed by atoms with Crippen molar-refractivity contribution >= 4 is 11.9 Å². The van der Waals surface area contributed by atoms with Gasteiger partial charge in [-0.15, -0.1) is 0 Å². The van der Waals surface area contributed by atoms with E-state index in [9.17, 15) is 19.7 Å². The van der Waals surface area contributed by atoms with E-state index in [4.69, 9.17) is 4.74 Å². The first kappa shape index (κ1) is 14.3. The van der Waals surface area contributed by atoms with Crippen LogP contribution in [0.2, 0.25) is 0 Å². The van der Waals surface area contributed by atoms with Gasteiger partial charge in [-0.1, -0.05) is 0 Å². The van der Waals surface area contributed by atoms with Crippen molar-refractivity contribution in [3.63, 3.8) is 0 Å². The summed E-state index contributed by atoms with van der Waals surface area (Å²) in [4.78, 5) is 31.2. The number of ether oxygens (including phenoxy) is 2. The Labute approximate surface area is 92.9 Å². The number of carbonyl (C=O) groups is 2. The van der Waals surface area contributed by atoms with Gasteiger partial charge >= 0.3 is 11.9 Å². The number of rotatable bonds is 6. The summed E-state index contributed by atoms with van der Waals surface area (Å²) < 4.78 is 9.41. The van der Waals surface area contributed by atoms with Crippen molar-refractivity contribution in [3.05, 3.63) is 10.1 Å². The molecule has 2 atom stereocenters. The number of nitrogens with zero attached hydrogens (tertiary/aromatic N) is 1. The van der Waals surface area contributed by atoms with Gasteiger partial charge in [0.15, 0.2) is 6.10 Å². The molecule has 0 amide bonds. The summed E-state index contributed by atoms with van der Waals surface area (Å²) in [5, 5.41) is 10.5. The Bertz CT molecular complexity index is 277. The van der Waals surface area contributed by atoms with Crippen molar-refractivity contribution in [1.82, 2.24) is 0 Å². The minimum atomic E-state index is -1.03. The van der Waals surface area contributed by atoms with E-state index in [2.05, 4.69) is 4.74 Å². The highest BCUT2D eigenvalue weighted by Gasteiger charge is 2.29. The van der Waals surface area contributed by atoms with E-state index >= 15 is 0 Å². The lowest BCUT2D eigenvalue weighted by Gasteiger charge is -2.17. The molecule has 7 heteroatoms. The Hall–Kier alpha value is -1.66. The first-order chi connectivity index (χ1) is 7.34. The fourth-order valence-electron chi connectivity index (χ4n) is 1.07. The van der Waals surface area contributed by atoms with Crippen LogP contribution in [-0.4, -0.2) is 35.6 Å². The number of hydrogen-bond acceptors (Lipinski definition) is 6. The highest BCUT2D eigenvalue weighted by molar-refractivity contribution is 5.66. The normalized spacial score (nSPS) is 13.7. The summed E-state index contributed by atoms with van der Waals surface area (Å²) in [5.41, 5.74) is 0. The van der Waals surface area contributed by atoms with Crippen LogP contribution in [0.4, 0.5) is 0 Å². The zero-order valence-electron chi connectivity index (χ0n) is 9.47. The average molecular weight is 233 g/mol. The molecule has 0 saturated carbocycles. The van der Waals surface area contributed by atoms with Crippen molar-refractivity contribution < 1.29 is 24.0 Å². The molecule has 0 aromatic heterocycles. The van der Waals surface area contributed by atoms with Crippen LogP contribution in [0.3, 0.4) is 0 Å². The molecular weight excluding hydrogens is 218 g/mol. The van der Waals surface area contributed by atoms with E-state index in [1.807, 2.05) is 0 Å². The molecule has 16 heavy (non-hydrogen) atoms. The second-order valence-electron chi connectivity index (χ2n) is 3.30. The Morgan fingerprint density at radius 2 is 1.88 bits per heavy atom. The molecule has 0 saturated heterocycles. The molecule has 0 aromatic rings. The summed E-state index contributed by atoms with van der Waals surface area (Å²) in [6.07, 6.45) is -0.770. The van der Waals surface area contributed by atoms with Crippen LogP contribution in [0.25, 0.3) is 0 Å². The highest BCUT2D eigenvalue weighted by atomic mass is 16.6. The van der Waals surface area contributed by atoms with Gasteiger partial charge in [-0.05, 0) is 0 Å². The third-order valence-corrected chi connectivity index (χ3v) is 1.90. The fourth-order valence-corrected chi connectivity index (χ4v) is 1.07. The second kappa shape index (κ2) is 6.76. The highest BCUT2D eigenvalue weighted by Crippen LogP contribution is 2.08. The van der Waals surface area contributed by atoms with Crippen LogP contribution in [0, 0.1) is 10.1 Å². The summed E-state index contributed by atoms with van der Waals surface area (Å²) >= 11 is 0. The summed E-state index contributed by atoms with van der Waals surface area (Å²) in [6, 6.07) is -1.03. The Morgan fingerprint density at radius 1 is 1.31 bits per heavy atom. The van der Waals surface area contributed by atoms with Gasteiger partial charge in [0, 0.05) is 32.1 Å². The van der Waals surface area contributed by atoms with Gasteiger partial charge in [0.1, 0.15) is 0 Å². The molecule has 0 N–H and O–H groups in total. The third-order valence-electron chi connectivity index (χ3n) is 1.90. The second-order valence-corrected chi connectivity index (χ2v) is 3.30. The number of nitro groups is 1. The van der Waals surface area contributed by atoms with Gasteiger partial charge in [0.05, 0.1) is 6.61 Å². The molecule has 2 unspecified atom stereocenters. The van der Waals surface area contributed by atoms with Crippen molar-refractivity contribution in [1.29, 1.82) is 0 Å². The first-order valence-corrected chi connectivity index (χ1v) is 4.78. The maximum absolute atomic E-state index is 10.7. The zero-order chi connectivity index (χ0) is 12.7. The van der Waals surface area contributed by atoms with Crippen molar-refractivity contribution in [2.75, 3.05) is 6.61 Å². The lowest BCUT2D eigenvalue weighted by Crippen LogP contribution is -2.35. The first-order valence-electron chi connectivity index (χ1n) is 4.78. The molecule has 0 radical (unpaired) electrons. The van der Waals surface area contributed by atoms with Crippen LogP contribution in [0.1, 0.15) is 27.2 Å². The molecule has 0 aliphatic rings. The minimum absolute atomic E-state index is 0.00847.